The number of hydrogen-bond donors (Lipinski definition) is 0. The maximum Gasteiger partial charge on any atom is 0.192 e. The normalized spacial score (nSPS) is 32.0. The van der Waals surface area contributed by atoms with Crippen LogP contribution < -0.4 is 0 Å². The molecule has 0 spiro atoms. The lowest BCUT2D eigenvalue weighted by Gasteiger charge is -2.41. The first-order valence-corrected chi connectivity index (χ1v) is 12.5. The van der Waals surface area contributed by atoms with E-state index in [1.54, 1.807) is 0 Å². The first-order chi connectivity index (χ1) is 10.6. The second kappa shape index (κ2) is 8.16. The Kier molecular flexibility index (Phi) is 7.34. The molecule has 0 aromatic rings. The minimum Gasteiger partial charge on any atom is -0.413 e. The Morgan fingerprint density at radius 1 is 0.913 bits per heavy atom. The van der Waals surface area contributed by atoms with Crippen molar-refractivity contribution in [3.63, 3.8) is 0 Å². The van der Waals surface area contributed by atoms with Crippen LogP contribution in [-0.2, 0) is 4.43 Å². The zero-order valence-electron chi connectivity index (χ0n) is 16.7. The van der Waals surface area contributed by atoms with Crippen LogP contribution in [0.25, 0.3) is 0 Å². The molecule has 1 nitrogen and oxygen atoms in total. The topological polar surface area (TPSA) is 9.23 Å². The summed E-state index contributed by atoms with van der Waals surface area (Å²) in [5.41, 5.74) is 0. The average molecular weight is 337 g/mol. The Morgan fingerprint density at radius 2 is 1.30 bits per heavy atom. The van der Waals surface area contributed by atoms with Crippen molar-refractivity contribution in [2.75, 3.05) is 0 Å². The van der Waals surface area contributed by atoms with Gasteiger partial charge in [0.15, 0.2) is 8.32 Å². The minimum atomic E-state index is -1.79. The largest absolute Gasteiger partial charge is 0.413 e. The predicted molar refractivity (Wildman–Crippen MR) is 106 cm³/mol. The van der Waals surface area contributed by atoms with Crippen molar-refractivity contribution in [3.8, 4) is 0 Å². The van der Waals surface area contributed by atoms with E-state index in [4.69, 9.17) is 4.43 Å². The van der Waals surface area contributed by atoms with Gasteiger partial charge in [0.25, 0.3) is 0 Å². The van der Waals surface area contributed by atoms with Crippen LogP contribution in [0.15, 0.2) is 25.3 Å². The zero-order valence-corrected chi connectivity index (χ0v) is 17.7. The van der Waals surface area contributed by atoms with Crippen LogP contribution in [0.5, 0.6) is 0 Å². The molecule has 0 bridgehead atoms. The fraction of sp³-hybridized carbons (Fsp3) is 0.810. The molecule has 0 N–H and O–H groups in total. The molecule has 0 radical (unpaired) electrons. The highest BCUT2D eigenvalue weighted by Crippen LogP contribution is 2.51. The molecule has 0 aromatic carbocycles. The fourth-order valence-electron chi connectivity index (χ4n) is 4.09. The van der Waals surface area contributed by atoms with Crippen molar-refractivity contribution in [2.45, 2.75) is 84.5 Å². The third-order valence-electron chi connectivity index (χ3n) is 6.32. The zero-order chi connectivity index (χ0) is 17.8. The quantitative estimate of drug-likeness (QED) is 0.349. The number of hydrogen-bond acceptors (Lipinski definition) is 1. The molecule has 0 amide bonds. The standard InChI is InChI=1S/C21H40OSi/c1-10-14-18-16(12-3)20(17(13-4)19(18)15-11-2)22-23(8,9)21(5,6)7/h12-13,16-20H,3-4,10-11,14-15H2,1-2,5-9H3/t16-,17+,18+,19-,20?. The first-order valence-electron chi connectivity index (χ1n) is 9.57. The molecule has 1 rings (SSSR count). The van der Waals surface area contributed by atoms with Gasteiger partial charge in [0, 0.05) is 11.8 Å². The SMILES string of the molecule is C=C[C@@H]1C(O[Si](C)(C)C(C)(C)C)[C@H](C=C)[C@H](CCC)[C@@H]1CCC. The summed E-state index contributed by atoms with van der Waals surface area (Å²) in [5, 5.41) is 0.244. The smallest absolute Gasteiger partial charge is 0.192 e. The van der Waals surface area contributed by atoms with Gasteiger partial charge in [0.2, 0.25) is 0 Å². The van der Waals surface area contributed by atoms with Crippen LogP contribution in [0.3, 0.4) is 0 Å². The Morgan fingerprint density at radius 3 is 1.57 bits per heavy atom. The molecule has 2 heteroatoms. The van der Waals surface area contributed by atoms with Crippen LogP contribution in [-0.4, -0.2) is 14.4 Å². The van der Waals surface area contributed by atoms with Gasteiger partial charge in [-0.2, -0.15) is 0 Å². The van der Waals surface area contributed by atoms with Crippen molar-refractivity contribution in [3.05, 3.63) is 25.3 Å². The van der Waals surface area contributed by atoms with Gasteiger partial charge >= 0.3 is 0 Å². The molecule has 0 aromatic heterocycles. The third kappa shape index (κ3) is 4.39. The van der Waals surface area contributed by atoms with Crippen molar-refractivity contribution in [2.24, 2.45) is 23.7 Å². The summed E-state index contributed by atoms with van der Waals surface area (Å²) in [7, 11) is -1.79. The average Bonchev–Trinajstić information content (AvgIpc) is 2.70. The van der Waals surface area contributed by atoms with Gasteiger partial charge in [-0.15, -0.1) is 13.2 Å². The maximum absolute atomic E-state index is 6.92. The van der Waals surface area contributed by atoms with E-state index in [1.807, 2.05) is 0 Å². The highest BCUT2D eigenvalue weighted by Gasteiger charge is 2.50. The summed E-state index contributed by atoms with van der Waals surface area (Å²) in [5.74, 6) is 2.36. The molecule has 134 valence electrons. The van der Waals surface area contributed by atoms with Gasteiger partial charge < -0.3 is 4.43 Å². The van der Waals surface area contributed by atoms with Crippen LogP contribution in [0.4, 0.5) is 0 Å². The minimum absolute atomic E-state index is 0.244. The van der Waals surface area contributed by atoms with Crippen molar-refractivity contribution < 1.29 is 4.43 Å². The molecule has 1 aliphatic rings. The van der Waals surface area contributed by atoms with E-state index in [2.05, 4.69) is 73.0 Å². The van der Waals surface area contributed by atoms with Crippen molar-refractivity contribution in [1.82, 2.24) is 0 Å². The lowest BCUT2D eigenvalue weighted by molar-refractivity contribution is 0.123. The van der Waals surface area contributed by atoms with Gasteiger partial charge in [-0.3, -0.25) is 0 Å². The summed E-state index contributed by atoms with van der Waals surface area (Å²) in [6.07, 6.45) is 9.69. The van der Waals surface area contributed by atoms with Crippen LogP contribution in [0.2, 0.25) is 18.1 Å². The molecular weight excluding hydrogens is 296 g/mol. The summed E-state index contributed by atoms with van der Waals surface area (Å²) in [6.45, 7) is 24.7. The van der Waals surface area contributed by atoms with E-state index in [9.17, 15) is 0 Å². The third-order valence-corrected chi connectivity index (χ3v) is 10.8. The molecule has 1 unspecified atom stereocenters. The van der Waals surface area contributed by atoms with Gasteiger partial charge in [-0.1, -0.05) is 59.6 Å². The van der Waals surface area contributed by atoms with E-state index < -0.39 is 8.32 Å². The van der Waals surface area contributed by atoms with Crippen LogP contribution >= 0.6 is 0 Å². The second-order valence-electron chi connectivity index (χ2n) is 8.87. The van der Waals surface area contributed by atoms with E-state index in [1.165, 1.54) is 25.7 Å². The molecular formula is C21H40OSi. The van der Waals surface area contributed by atoms with E-state index in [0.717, 1.165) is 0 Å². The molecule has 1 aliphatic carbocycles. The van der Waals surface area contributed by atoms with E-state index in [0.29, 0.717) is 23.7 Å². The molecule has 1 saturated carbocycles. The molecule has 0 aliphatic heterocycles. The lowest BCUT2D eigenvalue weighted by Crippen LogP contribution is -2.46. The highest BCUT2D eigenvalue weighted by molar-refractivity contribution is 6.74. The fourth-order valence-corrected chi connectivity index (χ4v) is 5.43. The van der Waals surface area contributed by atoms with Crippen LogP contribution in [0.1, 0.15) is 60.3 Å². The monoisotopic (exact) mass is 336 g/mol. The predicted octanol–water partition coefficient (Wildman–Crippen LogP) is 6.83. The lowest BCUT2D eigenvalue weighted by atomic mass is 9.81. The Hall–Kier alpha value is -0.343. The Labute approximate surface area is 146 Å². The van der Waals surface area contributed by atoms with Crippen LogP contribution in [0, 0.1) is 23.7 Å². The van der Waals surface area contributed by atoms with Gasteiger partial charge in [0.05, 0.1) is 6.10 Å². The molecule has 5 atom stereocenters. The summed E-state index contributed by atoms with van der Waals surface area (Å²) in [4.78, 5) is 0. The highest BCUT2D eigenvalue weighted by atomic mass is 28.4. The Bertz CT molecular complexity index is 369. The second-order valence-corrected chi connectivity index (χ2v) is 13.6. The van der Waals surface area contributed by atoms with Crippen molar-refractivity contribution >= 4 is 8.32 Å². The van der Waals surface area contributed by atoms with Gasteiger partial charge in [-0.05, 0) is 42.8 Å². The molecule has 0 heterocycles. The van der Waals surface area contributed by atoms with E-state index in [-0.39, 0.29) is 11.1 Å². The van der Waals surface area contributed by atoms with Gasteiger partial charge in [-0.25, -0.2) is 0 Å². The van der Waals surface area contributed by atoms with Gasteiger partial charge in [0.1, 0.15) is 0 Å². The number of rotatable bonds is 8. The summed E-state index contributed by atoms with van der Waals surface area (Å²) < 4.78 is 6.92. The summed E-state index contributed by atoms with van der Waals surface area (Å²) >= 11 is 0. The summed E-state index contributed by atoms with van der Waals surface area (Å²) in [6, 6.07) is 0. The molecule has 1 fully saturated rings. The maximum atomic E-state index is 6.92. The van der Waals surface area contributed by atoms with E-state index >= 15 is 0 Å². The molecule has 0 saturated heterocycles. The molecule has 23 heavy (non-hydrogen) atoms. The first kappa shape index (κ1) is 20.7. The Balaban J connectivity index is 3.16. The van der Waals surface area contributed by atoms with Crippen molar-refractivity contribution in [1.29, 1.82) is 0 Å².